The van der Waals surface area contributed by atoms with Crippen LogP contribution < -0.4 is 0 Å². The lowest BCUT2D eigenvalue weighted by atomic mass is 9.98. The zero-order valence-corrected chi connectivity index (χ0v) is 17.0. The van der Waals surface area contributed by atoms with Crippen molar-refractivity contribution in [3.8, 4) is 11.4 Å². The molecule has 2 aliphatic rings. The SMILES string of the molecule is O=C(CCn1ncc2c1CCCC2)N1CCOC(c2cccc(-c3ccn[nH]3)n2)C1. The highest BCUT2D eigenvalue weighted by atomic mass is 16.5. The van der Waals surface area contributed by atoms with Gasteiger partial charge in [0.05, 0.1) is 36.4 Å². The molecular formula is C22H26N6O2. The van der Waals surface area contributed by atoms with Crippen molar-refractivity contribution in [1.29, 1.82) is 0 Å². The quantitative estimate of drug-likeness (QED) is 0.703. The van der Waals surface area contributed by atoms with Crippen molar-refractivity contribution in [2.45, 2.75) is 44.8 Å². The van der Waals surface area contributed by atoms with Crippen molar-refractivity contribution < 1.29 is 9.53 Å². The van der Waals surface area contributed by atoms with Crippen molar-refractivity contribution in [2.24, 2.45) is 0 Å². The van der Waals surface area contributed by atoms with Gasteiger partial charge in [-0.1, -0.05) is 6.07 Å². The number of H-pyrrole nitrogens is 1. The maximum absolute atomic E-state index is 12.9. The Morgan fingerprint density at radius 2 is 2.17 bits per heavy atom. The van der Waals surface area contributed by atoms with E-state index in [1.54, 1.807) is 6.20 Å². The van der Waals surface area contributed by atoms with Crippen molar-refractivity contribution in [3.63, 3.8) is 0 Å². The number of morpholine rings is 1. The topological polar surface area (TPSA) is 88.9 Å². The highest BCUT2D eigenvalue weighted by Crippen LogP contribution is 2.24. The molecule has 156 valence electrons. The second-order valence-electron chi connectivity index (χ2n) is 7.91. The Labute approximate surface area is 175 Å². The zero-order chi connectivity index (χ0) is 20.3. The van der Waals surface area contributed by atoms with Gasteiger partial charge in [-0.25, -0.2) is 4.98 Å². The summed E-state index contributed by atoms with van der Waals surface area (Å²) in [7, 11) is 0. The Bertz CT molecular complexity index is 1010. The normalized spacial score (nSPS) is 18.9. The molecule has 30 heavy (non-hydrogen) atoms. The van der Waals surface area contributed by atoms with E-state index in [0.717, 1.165) is 29.9 Å². The van der Waals surface area contributed by atoms with Gasteiger partial charge in [0.15, 0.2) is 0 Å². The lowest BCUT2D eigenvalue weighted by Crippen LogP contribution is -2.42. The third kappa shape index (κ3) is 3.87. The molecule has 8 heteroatoms. The van der Waals surface area contributed by atoms with Crippen LogP contribution in [0.3, 0.4) is 0 Å². The largest absolute Gasteiger partial charge is 0.368 e. The van der Waals surface area contributed by atoms with Gasteiger partial charge in [-0.05, 0) is 49.4 Å². The van der Waals surface area contributed by atoms with Crippen LogP contribution in [0.25, 0.3) is 11.4 Å². The molecule has 0 spiro atoms. The van der Waals surface area contributed by atoms with Crippen LogP contribution in [0.5, 0.6) is 0 Å². The van der Waals surface area contributed by atoms with Gasteiger partial charge in [-0.15, -0.1) is 0 Å². The fraction of sp³-hybridized carbons (Fsp3) is 0.455. The molecule has 1 aliphatic heterocycles. The number of pyridine rings is 1. The first kappa shape index (κ1) is 19.0. The molecule has 0 saturated carbocycles. The monoisotopic (exact) mass is 406 g/mol. The smallest absolute Gasteiger partial charge is 0.224 e. The van der Waals surface area contributed by atoms with E-state index < -0.39 is 0 Å². The van der Waals surface area contributed by atoms with Crippen LogP contribution in [0.1, 0.15) is 42.3 Å². The summed E-state index contributed by atoms with van der Waals surface area (Å²) in [6.07, 6.45) is 8.55. The van der Waals surface area contributed by atoms with Gasteiger partial charge in [0.2, 0.25) is 5.91 Å². The molecule has 4 heterocycles. The van der Waals surface area contributed by atoms with Gasteiger partial charge in [0, 0.05) is 31.4 Å². The van der Waals surface area contributed by atoms with Gasteiger partial charge in [0.25, 0.3) is 0 Å². The third-order valence-electron chi connectivity index (χ3n) is 5.98. The van der Waals surface area contributed by atoms with Crippen LogP contribution in [-0.2, 0) is 28.9 Å². The summed E-state index contributed by atoms with van der Waals surface area (Å²) in [5.74, 6) is 0.146. The van der Waals surface area contributed by atoms with Crippen molar-refractivity contribution in [3.05, 3.63) is 53.6 Å². The van der Waals surface area contributed by atoms with E-state index in [2.05, 4.69) is 15.3 Å². The molecule has 1 unspecified atom stereocenters. The summed E-state index contributed by atoms with van der Waals surface area (Å²) in [6.45, 7) is 2.30. The van der Waals surface area contributed by atoms with Gasteiger partial charge >= 0.3 is 0 Å². The standard InChI is InChI=1S/C22H26N6O2/c29-22(9-11-28-20-7-2-1-4-16(20)14-24-28)27-12-13-30-21(15-27)19-6-3-5-17(25-19)18-8-10-23-26-18/h3,5-6,8,10,14,21H,1-2,4,7,9,11-13,15H2,(H,23,26). The van der Waals surface area contributed by atoms with Gasteiger partial charge in [0.1, 0.15) is 6.10 Å². The van der Waals surface area contributed by atoms with Crippen LogP contribution in [0, 0.1) is 0 Å². The van der Waals surface area contributed by atoms with E-state index >= 15 is 0 Å². The predicted octanol–water partition coefficient (Wildman–Crippen LogP) is 2.54. The predicted molar refractivity (Wildman–Crippen MR) is 111 cm³/mol. The summed E-state index contributed by atoms with van der Waals surface area (Å²) < 4.78 is 7.97. The van der Waals surface area contributed by atoms with Crippen LogP contribution in [-0.4, -0.2) is 55.5 Å². The van der Waals surface area contributed by atoms with E-state index in [-0.39, 0.29) is 12.0 Å². The first-order chi connectivity index (χ1) is 14.8. The van der Waals surface area contributed by atoms with Crippen molar-refractivity contribution >= 4 is 5.91 Å². The van der Waals surface area contributed by atoms with E-state index in [1.165, 1.54) is 24.1 Å². The fourth-order valence-corrected chi connectivity index (χ4v) is 4.34. The summed E-state index contributed by atoms with van der Waals surface area (Å²) in [4.78, 5) is 19.5. The molecule has 1 N–H and O–H groups in total. The number of hydrogen-bond donors (Lipinski definition) is 1. The Balaban J connectivity index is 1.23. The molecule has 0 bridgehead atoms. The first-order valence-corrected chi connectivity index (χ1v) is 10.7. The molecule has 1 saturated heterocycles. The fourth-order valence-electron chi connectivity index (χ4n) is 4.34. The first-order valence-electron chi connectivity index (χ1n) is 10.7. The number of ether oxygens (including phenoxy) is 1. The lowest BCUT2D eigenvalue weighted by molar-refractivity contribution is -0.139. The molecule has 1 fully saturated rings. The number of carbonyl (C=O) groups excluding carboxylic acids is 1. The van der Waals surface area contributed by atoms with Crippen molar-refractivity contribution in [2.75, 3.05) is 19.7 Å². The van der Waals surface area contributed by atoms with Gasteiger partial charge < -0.3 is 9.64 Å². The lowest BCUT2D eigenvalue weighted by Gasteiger charge is -2.33. The molecule has 0 aromatic carbocycles. The number of aryl methyl sites for hydroxylation is 2. The maximum atomic E-state index is 12.9. The second-order valence-corrected chi connectivity index (χ2v) is 7.91. The van der Waals surface area contributed by atoms with E-state index in [0.29, 0.717) is 32.7 Å². The second kappa shape index (κ2) is 8.39. The molecule has 0 radical (unpaired) electrons. The Morgan fingerprint density at radius 3 is 3.07 bits per heavy atom. The van der Waals surface area contributed by atoms with Gasteiger partial charge in [-0.3, -0.25) is 14.6 Å². The minimum Gasteiger partial charge on any atom is -0.368 e. The highest BCUT2D eigenvalue weighted by molar-refractivity contribution is 5.76. The number of amides is 1. The Kier molecular flexibility index (Phi) is 5.31. The molecule has 8 nitrogen and oxygen atoms in total. The number of aromatic nitrogens is 5. The molecule has 3 aromatic heterocycles. The zero-order valence-electron chi connectivity index (χ0n) is 17.0. The number of nitrogens with one attached hydrogen (secondary N) is 1. The van der Waals surface area contributed by atoms with Crippen LogP contribution in [0.4, 0.5) is 0 Å². The number of aromatic amines is 1. The summed E-state index contributed by atoms with van der Waals surface area (Å²) >= 11 is 0. The average molecular weight is 406 g/mol. The number of fused-ring (bicyclic) bond motifs is 1. The molecule has 5 rings (SSSR count). The van der Waals surface area contributed by atoms with Crippen LogP contribution in [0.15, 0.2) is 36.7 Å². The number of hydrogen-bond acceptors (Lipinski definition) is 5. The summed E-state index contributed by atoms with van der Waals surface area (Å²) in [6, 6.07) is 7.74. The van der Waals surface area contributed by atoms with E-state index in [4.69, 9.17) is 9.72 Å². The van der Waals surface area contributed by atoms with Crippen molar-refractivity contribution in [1.82, 2.24) is 29.9 Å². The van der Waals surface area contributed by atoms with Gasteiger partial charge in [-0.2, -0.15) is 10.2 Å². The number of rotatable bonds is 5. The number of nitrogens with zero attached hydrogens (tertiary/aromatic N) is 5. The maximum Gasteiger partial charge on any atom is 0.224 e. The molecule has 1 atom stereocenters. The molecule has 1 amide bonds. The summed E-state index contributed by atoms with van der Waals surface area (Å²) in [5.41, 5.74) is 5.18. The Hall–Kier alpha value is -3.00. The Morgan fingerprint density at radius 1 is 1.23 bits per heavy atom. The molecular weight excluding hydrogens is 380 g/mol. The minimum absolute atomic E-state index is 0.146. The number of carbonyl (C=O) groups is 1. The minimum atomic E-state index is -0.219. The van der Waals surface area contributed by atoms with E-state index in [1.807, 2.05) is 40.0 Å². The van der Waals surface area contributed by atoms with E-state index in [9.17, 15) is 4.79 Å². The third-order valence-corrected chi connectivity index (χ3v) is 5.98. The molecule has 1 aliphatic carbocycles. The van der Waals surface area contributed by atoms with Crippen LogP contribution >= 0.6 is 0 Å². The highest BCUT2D eigenvalue weighted by Gasteiger charge is 2.27. The summed E-state index contributed by atoms with van der Waals surface area (Å²) in [5, 5.41) is 11.4. The van der Waals surface area contributed by atoms with Crippen LogP contribution in [0.2, 0.25) is 0 Å². The average Bonchev–Trinajstić information content (AvgIpc) is 3.48. The molecule has 3 aromatic rings.